The predicted molar refractivity (Wildman–Crippen MR) is 67.3 cm³/mol. The fourth-order valence-electron chi connectivity index (χ4n) is 2.09. The third-order valence-electron chi connectivity index (χ3n) is 3.19. The first-order chi connectivity index (χ1) is 8.66. The van der Waals surface area contributed by atoms with Crippen LogP contribution in [-0.2, 0) is 6.54 Å². The number of rotatable bonds is 2. The predicted octanol–water partition coefficient (Wildman–Crippen LogP) is 1.41. The van der Waals surface area contributed by atoms with Crippen LogP contribution >= 0.6 is 11.6 Å². The molecule has 1 aliphatic rings. The molecule has 0 radical (unpaired) electrons. The first-order valence-corrected chi connectivity index (χ1v) is 6.10. The molecule has 4 nitrogen and oxygen atoms in total. The summed E-state index contributed by atoms with van der Waals surface area (Å²) < 4.78 is 15.0. The van der Waals surface area contributed by atoms with E-state index in [9.17, 15) is 9.18 Å². The molecule has 2 heterocycles. The SMILES string of the molecule is O=c1c2c(F)cccc2nc(Cl)n1CC1CNC1. The van der Waals surface area contributed by atoms with Crippen LogP contribution in [0.5, 0.6) is 0 Å². The van der Waals surface area contributed by atoms with Crippen LogP contribution in [0.25, 0.3) is 10.9 Å². The number of halogens is 2. The molecular formula is C12H11ClFN3O. The molecule has 0 saturated carbocycles. The van der Waals surface area contributed by atoms with Crippen LogP contribution in [0, 0.1) is 11.7 Å². The summed E-state index contributed by atoms with van der Waals surface area (Å²) in [5.74, 6) is -0.201. The molecule has 1 aliphatic heterocycles. The number of hydrogen-bond donors (Lipinski definition) is 1. The van der Waals surface area contributed by atoms with Crippen LogP contribution in [0.15, 0.2) is 23.0 Å². The Labute approximate surface area is 107 Å². The van der Waals surface area contributed by atoms with Crippen LogP contribution in [0.1, 0.15) is 0 Å². The lowest BCUT2D eigenvalue weighted by atomic mass is 10.0. The van der Waals surface area contributed by atoms with E-state index < -0.39 is 11.4 Å². The lowest BCUT2D eigenvalue weighted by molar-refractivity contribution is 0.303. The van der Waals surface area contributed by atoms with Crippen molar-refractivity contribution >= 4 is 22.5 Å². The van der Waals surface area contributed by atoms with Gasteiger partial charge in [0.25, 0.3) is 5.56 Å². The van der Waals surface area contributed by atoms with E-state index in [0.29, 0.717) is 18.0 Å². The highest BCUT2D eigenvalue weighted by Crippen LogP contribution is 2.16. The van der Waals surface area contributed by atoms with E-state index >= 15 is 0 Å². The van der Waals surface area contributed by atoms with Crippen molar-refractivity contribution in [2.45, 2.75) is 6.54 Å². The monoisotopic (exact) mass is 267 g/mol. The van der Waals surface area contributed by atoms with Gasteiger partial charge >= 0.3 is 0 Å². The highest BCUT2D eigenvalue weighted by atomic mass is 35.5. The summed E-state index contributed by atoms with van der Waals surface area (Å²) in [6, 6.07) is 4.36. The van der Waals surface area contributed by atoms with Crippen LogP contribution in [-0.4, -0.2) is 22.6 Å². The molecule has 0 bridgehead atoms. The molecule has 6 heteroatoms. The van der Waals surface area contributed by atoms with E-state index in [0.717, 1.165) is 13.1 Å². The third-order valence-corrected chi connectivity index (χ3v) is 3.48. The Bertz CT molecular complexity index is 666. The summed E-state index contributed by atoms with van der Waals surface area (Å²) in [5.41, 5.74) is -0.108. The Morgan fingerprint density at radius 1 is 1.50 bits per heavy atom. The fraction of sp³-hybridized carbons (Fsp3) is 0.333. The number of nitrogens with one attached hydrogen (secondary N) is 1. The van der Waals surface area contributed by atoms with Gasteiger partial charge in [-0.05, 0) is 23.7 Å². The van der Waals surface area contributed by atoms with Gasteiger partial charge in [0.2, 0.25) is 5.28 Å². The maximum atomic E-state index is 13.7. The third kappa shape index (κ3) is 1.79. The maximum absolute atomic E-state index is 13.7. The van der Waals surface area contributed by atoms with Crippen molar-refractivity contribution < 1.29 is 4.39 Å². The molecule has 1 saturated heterocycles. The standard InChI is InChI=1S/C12H11ClFN3O/c13-12-16-9-3-1-2-8(14)10(9)11(18)17(12)6-7-4-15-5-7/h1-3,7,15H,4-6H2. The first-order valence-electron chi connectivity index (χ1n) is 5.72. The zero-order valence-electron chi connectivity index (χ0n) is 9.49. The van der Waals surface area contributed by atoms with Crippen LogP contribution in [0.4, 0.5) is 4.39 Å². The highest BCUT2D eigenvalue weighted by Gasteiger charge is 2.20. The second kappa shape index (κ2) is 4.33. The molecule has 2 aromatic rings. The molecular weight excluding hydrogens is 257 g/mol. The van der Waals surface area contributed by atoms with Crippen molar-refractivity contribution in [1.82, 2.24) is 14.9 Å². The van der Waals surface area contributed by atoms with Gasteiger partial charge in [0.1, 0.15) is 11.2 Å². The number of benzene rings is 1. The van der Waals surface area contributed by atoms with Crippen LogP contribution in [0.3, 0.4) is 0 Å². The van der Waals surface area contributed by atoms with Gasteiger partial charge < -0.3 is 5.32 Å². The summed E-state index contributed by atoms with van der Waals surface area (Å²) in [6.45, 7) is 2.16. The molecule has 0 spiro atoms. The number of aromatic nitrogens is 2. The minimum atomic E-state index is -0.554. The summed E-state index contributed by atoms with van der Waals surface area (Å²) >= 11 is 5.99. The molecule has 1 aromatic heterocycles. The van der Waals surface area contributed by atoms with Crippen LogP contribution in [0.2, 0.25) is 5.28 Å². The zero-order chi connectivity index (χ0) is 12.7. The van der Waals surface area contributed by atoms with E-state index in [2.05, 4.69) is 10.3 Å². The van der Waals surface area contributed by atoms with E-state index in [-0.39, 0.29) is 10.7 Å². The first kappa shape index (κ1) is 11.6. The minimum absolute atomic E-state index is 0.00850. The molecule has 94 valence electrons. The van der Waals surface area contributed by atoms with Gasteiger partial charge in [0.15, 0.2) is 0 Å². The Morgan fingerprint density at radius 2 is 2.28 bits per heavy atom. The Kier molecular flexibility index (Phi) is 2.80. The number of hydrogen-bond acceptors (Lipinski definition) is 3. The zero-order valence-corrected chi connectivity index (χ0v) is 10.2. The lowest BCUT2D eigenvalue weighted by Gasteiger charge is -2.27. The lowest BCUT2D eigenvalue weighted by Crippen LogP contribution is -2.45. The second-order valence-corrected chi connectivity index (χ2v) is 4.79. The van der Waals surface area contributed by atoms with Crippen molar-refractivity contribution in [3.8, 4) is 0 Å². The van der Waals surface area contributed by atoms with Gasteiger partial charge in [-0.25, -0.2) is 9.37 Å². The molecule has 0 unspecified atom stereocenters. The van der Waals surface area contributed by atoms with Crippen molar-refractivity contribution in [2.75, 3.05) is 13.1 Å². The Hall–Kier alpha value is -1.46. The molecule has 1 fully saturated rings. The number of nitrogens with zero attached hydrogens (tertiary/aromatic N) is 2. The average Bonchev–Trinajstić information content (AvgIpc) is 2.26. The van der Waals surface area contributed by atoms with Crippen molar-refractivity contribution in [3.63, 3.8) is 0 Å². The van der Waals surface area contributed by atoms with E-state index in [1.54, 1.807) is 6.07 Å². The van der Waals surface area contributed by atoms with Crippen molar-refractivity contribution in [2.24, 2.45) is 5.92 Å². The molecule has 1 N–H and O–H groups in total. The minimum Gasteiger partial charge on any atom is -0.316 e. The second-order valence-electron chi connectivity index (χ2n) is 4.45. The average molecular weight is 268 g/mol. The smallest absolute Gasteiger partial charge is 0.265 e. The highest BCUT2D eigenvalue weighted by molar-refractivity contribution is 6.28. The van der Waals surface area contributed by atoms with Gasteiger partial charge in [-0.3, -0.25) is 9.36 Å². The quantitative estimate of drug-likeness (QED) is 0.837. The van der Waals surface area contributed by atoms with Gasteiger partial charge in [-0.2, -0.15) is 0 Å². The maximum Gasteiger partial charge on any atom is 0.265 e. The Morgan fingerprint density at radius 3 is 2.94 bits per heavy atom. The van der Waals surface area contributed by atoms with E-state index in [4.69, 9.17) is 11.6 Å². The normalized spacial score (nSPS) is 15.9. The largest absolute Gasteiger partial charge is 0.316 e. The van der Waals surface area contributed by atoms with Gasteiger partial charge in [0.05, 0.1) is 5.52 Å². The molecule has 1 aromatic carbocycles. The summed E-state index contributed by atoms with van der Waals surface area (Å²) in [4.78, 5) is 16.3. The van der Waals surface area contributed by atoms with Gasteiger partial charge in [0, 0.05) is 25.6 Å². The molecule has 3 rings (SSSR count). The molecule has 18 heavy (non-hydrogen) atoms. The van der Waals surface area contributed by atoms with Gasteiger partial charge in [-0.15, -0.1) is 0 Å². The van der Waals surface area contributed by atoms with Crippen molar-refractivity contribution in [1.29, 1.82) is 0 Å². The topological polar surface area (TPSA) is 46.9 Å². The number of fused-ring (bicyclic) bond motifs is 1. The van der Waals surface area contributed by atoms with E-state index in [1.807, 2.05) is 0 Å². The molecule has 0 aliphatic carbocycles. The van der Waals surface area contributed by atoms with Gasteiger partial charge in [-0.1, -0.05) is 6.07 Å². The molecule has 0 atom stereocenters. The van der Waals surface area contributed by atoms with Crippen molar-refractivity contribution in [3.05, 3.63) is 39.7 Å². The molecule has 0 amide bonds. The van der Waals surface area contributed by atoms with Crippen LogP contribution < -0.4 is 10.9 Å². The Balaban J connectivity index is 2.19. The summed E-state index contributed by atoms with van der Waals surface area (Å²) in [6.07, 6.45) is 0. The fourth-order valence-corrected chi connectivity index (χ4v) is 2.33. The summed E-state index contributed by atoms with van der Waals surface area (Å²) in [5, 5.41) is 3.24. The summed E-state index contributed by atoms with van der Waals surface area (Å²) in [7, 11) is 0. The van der Waals surface area contributed by atoms with E-state index in [1.165, 1.54) is 16.7 Å².